The van der Waals surface area contributed by atoms with Gasteiger partial charge in [0.25, 0.3) is 0 Å². The Labute approximate surface area is 125 Å². The van der Waals surface area contributed by atoms with Gasteiger partial charge in [-0.25, -0.2) is 4.68 Å². The minimum atomic E-state index is -0.461. The third-order valence-electron chi connectivity index (χ3n) is 2.59. The Balaban J connectivity index is 2.30. The molecule has 8 nitrogen and oxygen atoms in total. The summed E-state index contributed by atoms with van der Waals surface area (Å²) in [4.78, 5) is 11.3. The van der Waals surface area contributed by atoms with Crippen LogP contribution in [0.3, 0.4) is 0 Å². The molecule has 0 bridgehead atoms. The summed E-state index contributed by atoms with van der Waals surface area (Å²) in [7, 11) is 0. The van der Waals surface area contributed by atoms with E-state index in [-0.39, 0.29) is 17.5 Å². The summed E-state index contributed by atoms with van der Waals surface area (Å²) < 4.78 is 7.01. The Hall–Kier alpha value is -2.16. The fraction of sp³-hybridized carbons (Fsp3) is 0.417. The second-order valence-corrected chi connectivity index (χ2v) is 5.46. The van der Waals surface area contributed by atoms with Crippen molar-refractivity contribution in [3.05, 3.63) is 28.3 Å². The summed E-state index contributed by atoms with van der Waals surface area (Å²) in [5, 5.41) is 23.1. The van der Waals surface area contributed by atoms with E-state index in [9.17, 15) is 10.1 Å². The van der Waals surface area contributed by atoms with Gasteiger partial charge in [0.05, 0.1) is 17.6 Å². The standard InChI is InChI=1S/C12H15N5O3S/c1-4-20-11-7-9(5-6-10(11)17(18)19)21-12-13-14-15-16(12)8(2)3/h5-8H,4H2,1-3H3. The van der Waals surface area contributed by atoms with E-state index in [1.807, 2.05) is 13.8 Å². The number of nitrogens with zero attached hydrogens (tertiary/aromatic N) is 5. The smallest absolute Gasteiger partial charge is 0.310 e. The predicted octanol–water partition coefficient (Wildman–Crippen LogP) is 2.71. The van der Waals surface area contributed by atoms with Gasteiger partial charge in [-0.05, 0) is 49.0 Å². The van der Waals surface area contributed by atoms with Crippen LogP contribution in [-0.2, 0) is 0 Å². The molecule has 2 rings (SSSR count). The molecule has 1 aromatic carbocycles. The Kier molecular flexibility index (Phi) is 4.73. The number of nitro groups is 1. The molecule has 9 heteroatoms. The molecule has 0 amide bonds. The van der Waals surface area contributed by atoms with E-state index in [1.165, 1.54) is 17.8 Å². The summed E-state index contributed by atoms with van der Waals surface area (Å²) in [6.07, 6.45) is 0. The second kappa shape index (κ2) is 6.53. The highest BCUT2D eigenvalue weighted by Gasteiger charge is 2.17. The summed E-state index contributed by atoms with van der Waals surface area (Å²) >= 11 is 1.33. The first-order chi connectivity index (χ1) is 10.0. The van der Waals surface area contributed by atoms with Crippen molar-refractivity contribution in [2.24, 2.45) is 0 Å². The molecule has 0 saturated carbocycles. The van der Waals surface area contributed by atoms with Crippen molar-refractivity contribution in [3.63, 3.8) is 0 Å². The van der Waals surface area contributed by atoms with Crippen LogP contribution in [0, 0.1) is 10.1 Å². The molecule has 0 spiro atoms. The van der Waals surface area contributed by atoms with Crippen LogP contribution in [0.5, 0.6) is 5.75 Å². The van der Waals surface area contributed by atoms with E-state index in [2.05, 4.69) is 15.5 Å². The van der Waals surface area contributed by atoms with Gasteiger partial charge in [-0.15, -0.1) is 5.10 Å². The van der Waals surface area contributed by atoms with E-state index in [0.717, 1.165) is 4.90 Å². The highest BCUT2D eigenvalue weighted by molar-refractivity contribution is 7.99. The summed E-state index contributed by atoms with van der Waals surface area (Å²) in [5.74, 6) is 0.246. The van der Waals surface area contributed by atoms with Crippen LogP contribution in [-0.4, -0.2) is 31.7 Å². The van der Waals surface area contributed by atoms with Crippen molar-refractivity contribution in [2.75, 3.05) is 6.61 Å². The van der Waals surface area contributed by atoms with Crippen LogP contribution >= 0.6 is 11.8 Å². The molecular weight excluding hydrogens is 294 g/mol. The molecule has 0 aliphatic carbocycles. The third kappa shape index (κ3) is 3.48. The van der Waals surface area contributed by atoms with Crippen molar-refractivity contribution in [2.45, 2.75) is 36.9 Å². The molecule has 112 valence electrons. The van der Waals surface area contributed by atoms with Gasteiger partial charge in [0.15, 0.2) is 5.75 Å². The zero-order valence-corrected chi connectivity index (χ0v) is 12.7. The van der Waals surface area contributed by atoms with E-state index < -0.39 is 4.92 Å². The van der Waals surface area contributed by atoms with Crippen LogP contribution < -0.4 is 4.74 Å². The van der Waals surface area contributed by atoms with E-state index in [0.29, 0.717) is 11.8 Å². The highest BCUT2D eigenvalue weighted by Crippen LogP contribution is 2.34. The van der Waals surface area contributed by atoms with Crippen LogP contribution in [0.25, 0.3) is 0 Å². The van der Waals surface area contributed by atoms with Crippen molar-refractivity contribution < 1.29 is 9.66 Å². The lowest BCUT2D eigenvalue weighted by atomic mass is 10.3. The maximum Gasteiger partial charge on any atom is 0.310 e. The Morgan fingerprint density at radius 3 is 2.86 bits per heavy atom. The topological polar surface area (TPSA) is 96.0 Å². The van der Waals surface area contributed by atoms with Gasteiger partial charge >= 0.3 is 5.69 Å². The summed E-state index contributed by atoms with van der Waals surface area (Å²) in [6.45, 7) is 6.09. The molecule has 0 unspecified atom stereocenters. The molecular formula is C12H15N5O3S. The third-order valence-corrected chi connectivity index (χ3v) is 3.53. The monoisotopic (exact) mass is 309 g/mol. The predicted molar refractivity (Wildman–Crippen MR) is 76.6 cm³/mol. The van der Waals surface area contributed by atoms with Gasteiger partial charge in [-0.1, -0.05) is 0 Å². The largest absolute Gasteiger partial charge is 0.487 e. The average Bonchev–Trinajstić information content (AvgIpc) is 2.87. The SMILES string of the molecule is CCOc1cc(Sc2nnnn2C(C)C)ccc1[N+](=O)[O-]. The normalized spacial score (nSPS) is 10.9. The van der Waals surface area contributed by atoms with Crippen LogP contribution in [0.1, 0.15) is 26.8 Å². The zero-order valence-electron chi connectivity index (χ0n) is 11.9. The van der Waals surface area contributed by atoms with Crippen LogP contribution in [0.15, 0.2) is 28.3 Å². The molecule has 0 atom stereocenters. The number of nitro benzene ring substituents is 1. The quantitative estimate of drug-likeness (QED) is 0.598. The maximum atomic E-state index is 11.0. The Bertz CT molecular complexity index is 644. The minimum Gasteiger partial charge on any atom is -0.487 e. The molecule has 0 aliphatic rings. The number of rotatable bonds is 6. The van der Waals surface area contributed by atoms with Gasteiger partial charge < -0.3 is 4.74 Å². The number of ether oxygens (including phenoxy) is 1. The first-order valence-electron chi connectivity index (χ1n) is 6.40. The second-order valence-electron chi connectivity index (χ2n) is 4.42. The van der Waals surface area contributed by atoms with E-state index >= 15 is 0 Å². The Morgan fingerprint density at radius 2 is 2.24 bits per heavy atom. The van der Waals surface area contributed by atoms with Gasteiger partial charge in [-0.3, -0.25) is 10.1 Å². The number of hydrogen-bond donors (Lipinski definition) is 0. The number of tetrazole rings is 1. The minimum absolute atomic E-state index is 0.0512. The molecule has 0 N–H and O–H groups in total. The molecule has 1 heterocycles. The van der Waals surface area contributed by atoms with Crippen molar-refractivity contribution in [1.29, 1.82) is 0 Å². The molecule has 0 fully saturated rings. The fourth-order valence-electron chi connectivity index (χ4n) is 1.66. The van der Waals surface area contributed by atoms with Crippen LogP contribution in [0.2, 0.25) is 0 Å². The maximum absolute atomic E-state index is 11.0. The fourth-order valence-corrected chi connectivity index (χ4v) is 2.59. The molecule has 21 heavy (non-hydrogen) atoms. The lowest BCUT2D eigenvalue weighted by Crippen LogP contribution is -2.04. The molecule has 0 saturated heterocycles. The molecule has 1 aromatic heterocycles. The van der Waals surface area contributed by atoms with Crippen molar-refractivity contribution in [1.82, 2.24) is 20.2 Å². The average molecular weight is 309 g/mol. The van der Waals surface area contributed by atoms with Gasteiger partial charge in [0.1, 0.15) is 0 Å². The van der Waals surface area contributed by atoms with Crippen LogP contribution in [0.4, 0.5) is 5.69 Å². The molecule has 0 radical (unpaired) electrons. The van der Waals surface area contributed by atoms with Crippen molar-refractivity contribution in [3.8, 4) is 5.75 Å². The first kappa shape index (κ1) is 15.2. The number of aromatic nitrogens is 4. The molecule has 2 aromatic rings. The number of benzene rings is 1. The van der Waals surface area contributed by atoms with Gasteiger partial charge in [-0.2, -0.15) is 0 Å². The lowest BCUT2D eigenvalue weighted by molar-refractivity contribution is -0.385. The Morgan fingerprint density at radius 1 is 1.48 bits per heavy atom. The van der Waals surface area contributed by atoms with E-state index in [4.69, 9.17) is 4.74 Å². The number of hydrogen-bond acceptors (Lipinski definition) is 7. The zero-order chi connectivity index (χ0) is 15.4. The summed E-state index contributed by atoms with van der Waals surface area (Å²) in [5.41, 5.74) is -0.0512. The summed E-state index contributed by atoms with van der Waals surface area (Å²) in [6, 6.07) is 4.85. The van der Waals surface area contributed by atoms with E-state index in [1.54, 1.807) is 23.7 Å². The van der Waals surface area contributed by atoms with Gasteiger partial charge in [0, 0.05) is 17.0 Å². The lowest BCUT2D eigenvalue weighted by Gasteiger charge is -2.08. The molecule has 0 aliphatic heterocycles. The van der Waals surface area contributed by atoms with Gasteiger partial charge in [0.2, 0.25) is 5.16 Å². The van der Waals surface area contributed by atoms with Crippen molar-refractivity contribution >= 4 is 17.4 Å². The highest BCUT2D eigenvalue weighted by atomic mass is 32.2. The first-order valence-corrected chi connectivity index (χ1v) is 7.21.